The third kappa shape index (κ3) is 4.32. The Morgan fingerprint density at radius 2 is 1.39 bits per heavy atom. The molecular formula is C34H15F3N6S. The molecule has 0 saturated carbocycles. The fourth-order valence-electron chi connectivity index (χ4n) is 5.31. The Morgan fingerprint density at radius 3 is 2.02 bits per heavy atom. The molecule has 0 saturated heterocycles. The van der Waals surface area contributed by atoms with Crippen LogP contribution in [0.1, 0.15) is 33.4 Å². The van der Waals surface area contributed by atoms with E-state index >= 15 is 8.78 Å². The Kier molecular flexibility index (Phi) is 7.03. The number of pyridine rings is 1. The molecular weight excluding hydrogens is 581 g/mol. The molecule has 0 radical (unpaired) electrons. The van der Waals surface area contributed by atoms with Gasteiger partial charge in [-0.15, -0.1) is 0 Å². The number of halogens is 3. The smallest absolute Gasteiger partial charge is 0.164 e. The van der Waals surface area contributed by atoms with Crippen molar-refractivity contribution in [2.24, 2.45) is 4.40 Å². The monoisotopic (exact) mass is 596 g/mol. The number of allylic oxidation sites excluding steroid dienone is 1. The molecule has 44 heavy (non-hydrogen) atoms. The number of hydrogen-bond donors (Lipinski definition) is 2. The van der Waals surface area contributed by atoms with Crippen LogP contribution in [0.2, 0.25) is 0 Å². The van der Waals surface area contributed by atoms with E-state index in [0.717, 1.165) is 5.39 Å². The minimum atomic E-state index is -1.55. The number of rotatable bonds is 3. The molecule has 1 aliphatic carbocycles. The predicted octanol–water partition coefficient (Wildman–Crippen LogP) is 7.81. The summed E-state index contributed by atoms with van der Waals surface area (Å²) < 4.78 is 48.6. The highest BCUT2D eigenvalue weighted by molar-refractivity contribution is 7.79. The first-order valence-corrected chi connectivity index (χ1v) is 13.3. The van der Waals surface area contributed by atoms with Crippen LogP contribution in [-0.4, -0.2) is 16.4 Å². The van der Waals surface area contributed by atoms with E-state index < -0.39 is 34.1 Å². The number of benzene rings is 4. The highest BCUT2D eigenvalue weighted by Crippen LogP contribution is 2.39. The average molecular weight is 597 g/mol. The van der Waals surface area contributed by atoms with Crippen LogP contribution in [0.4, 0.5) is 13.2 Å². The van der Waals surface area contributed by atoms with E-state index in [1.807, 2.05) is 30.3 Å². The lowest BCUT2D eigenvalue weighted by molar-refractivity contribution is 0.539. The molecule has 10 heteroatoms. The molecule has 1 heterocycles. The van der Waals surface area contributed by atoms with Crippen molar-refractivity contribution in [3.05, 3.63) is 124 Å². The summed E-state index contributed by atoms with van der Waals surface area (Å²) in [4.78, 5) is 4.88. The predicted molar refractivity (Wildman–Crippen MR) is 164 cm³/mol. The summed E-state index contributed by atoms with van der Waals surface area (Å²) in [7, 11) is 0. The minimum absolute atomic E-state index is 0.0327. The van der Waals surface area contributed by atoms with Gasteiger partial charge in [-0.2, -0.15) is 15.8 Å². The van der Waals surface area contributed by atoms with Crippen LogP contribution in [0.5, 0.6) is 0 Å². The van der Waals surface area contributed by atoms with E-state index in [2.05, 4.69) is 23.3 Å². The maximum atomic E-state index is 15.1. The van der Waals surface area contributed by atoms with Crippen LogP contribution in [0.25, 0.3) is 44.9 Å². The van der Waals surface area contributed by atoms with Gasteiger partial charge in [0, 0.05) is 27.6 Å². The molecule has 6 rings (SSSR count). The zero-order valence-corrected chi connectivity index (χ0v) is 23.2. The van der Waals surface area contributed by atoms with Crippen LogP contribution in [0.3, 0.4) is 0 Å². The van der Waals surface area contributed by atoms with Crippen molar-refractivity contribution in [1.29, 1.82) is 21.2 Å². The second kappa shape index (κ2) is 11.0. The van der Waals surface area contributed by atoms with Gasteiger partial charge in [-0.05, 0) is 48.2 Å². The van der Waals surface area contributed by atoms with E-state index in [0.29, 0.717) is 44.6 Å². The average Bonchev–Trinajstić information content (AvgIpc) is 3.05. The minimum Gasteiger partial charge on any atom is -0.298 e. The van der Waals surface area contributed by atoms with Crippen LogP contribution >= 0.6 is 12.8 Å². The van der Waals surface area contributed by atoms with Crippen LogP contribution in [0.15, 0.2) is 77.2 Å². The summed E-state index contributed by atoms with van der Waals surface area (Å²) in [5.41, 5.74) is 1.89. The fourth-order valence-corrected chi connectivity index (χ4v) is 5.52. The first kappa shape index (κ1) is 28.1. The summed E-state index contributed by atoms with van der Waals surface area (Å²) in [6.07, 6.45) is 1.80. The maximum absolute atomic E-state index is 15.1. The molecule has 1 aromatic heterocycles. The lowest BCUT2D eigenvalue weighted by Crippen LogP contribution is -2.22. The molecule has 6 nitrogen and oxygen atoms in total. The lowest BCUT2D eigenvalue weighted by Gasteiger charge is -2.23. The molecule has 0 aliphatic heterocycles. The van der Waals surface area contributed by atoms with Gasteiger partial charge in [-0.25, -0.2) is 22.6 Å². The summed E-state index contributed by atoms with van der Waals surface area (Å²) in [5, 5.41) is 37.8. The molecule has 0 spiro atoms. The number of nitrogens with zero attached hydrogens (tertiary/aromatic N) is 5. The molecule has 208 valence electrons. The van der Waals surface area contributed by atoms with Crippen molar-refractivity contribution in [2.75, 3.05) is 0 Å². The van der Waals surface area contributed by atoms with Gasteiger partial charge in [-0.1, -0.05) is 54.6 Å². The number of fused-ring (bicyclic) bond motifs is 3. The first-order chi connectivity index (χ1) is 21.3. The van der Waals surface area contributed by atoms with Crippen molar-refractivity contribution in [3.63, 3.8) is 0 Å². The fraction of sp³-hybridized carbons (Fsp3) is 0. The summed E-state index contributed by atoms with van der Waals surface area (Å²) in [5.74, 6) is -4.38. The van der Waals surface area contributed by atoms with Crippen molar-refractivity contribution in [1.82, 2.24) is 4.98 Å². The lowest BCUT2D eigenvalue weighted by atomic mass is 9.82. The van der Waals surface area contributed by atoms with E-state index in [-0.39, 0.29) is 17.0 Å². The van der Waals surface area contributed by atoms with Crippen LogP contribution in [-0.2, 0) is 0 Å². The highest BCUT2D eigenvalue weighted by atomic mass is 32.1. The quantitative estimate of drug-likeness (QED) is 0.206. The largest absolute Gasteiger partial charge is 0.298 e. The van der Waals surface area contributed by atoms with Gasteiger partial charge in [0.2, 0.25) is 0 Å². The van der Waals surface area contributed by atoms with E-state index in [1.165, 1.54) is 36.4 Å². The zero-order valence-electron chi connectivity index (χ0n) is 22.3. The molecule has 4 aromatic carbocycles. The molecule has 0 fully saturated rings. The summed E-state index contributed by atoms with van der Waals surface area (Å²) in [6.45, 7) is 0. The van der Waals surface area contributed by atoms with Gasteiger partial charge < -0.3 is 0 Å². The van der Waals surface area contributed by atoms with E-state index in [9.17, 15) is 25.6 Å². The molecule has 0 unspecified atom stereocenters. The van der Waals surface area contributed by atoms with Crippen LogP contribution < -0.4 is 0 Å². The Labute approximate surface area is 254 Å². The van der Waals surface area contributed by atoms with Gasteiger partial charge in [-0.3, -0.25) is 5.41 Å². The molecule has 1 N–H and O–H groups in total. The van der Waals surface area contributed by atoms with Gasteiger partial charge in [0.1, 0.15) is 29.0 Å². The van der Waals surface area contributed by atoms with Crippen molar-refractivity contribution >= 4 is 46.8 Å². The van der Waals surface area contributed by atoms with Crippen molar-refractivity contribution in [3.8, 4) is 40.6 Å². The number of nitrogens with one attached hydrogen (secondary N) is 1. The van der Waals surface area contributed by atoms with E-state index in [1.54, 1.807) is 24.3 Å². The second-order valence-corrected chi connectivity index (χ2v) is 9.91. The summed E-state index contributed by atoms with van der Waals surface area (Å²) >= 11 is 4.16. The number of thiol groups is 1. The molecule has 5 aromatic rings. The van der Waals surface area contributed by atoms with E-state index in [4.69, 9.17) is 4.98 Å². The van der Waals surface area contributed by atoms with Gasteiger partial charge in [0.05, 0.1) is 34.1 Å². The number of para-hydroxylation sites is 1. The first-order valence-electron chi connectivity index (χ1n) is 12.9. The topological polar surface area (TPSA) is 120 Å². The Bertz CT molecular complexity index is 2230. The highest BCUT2D eigenvalue weighted by Gasteiger charge is 2.30. The number of nitriles is 3. The van der Waals surface area contributed by atoms with Crippen molar-refractivity contribution < 1.29 is 13.2 Å². The SMILES string of the molecule is N#Cc1cccc(-c2nc3ccccc3c3c2C=C(c2ccc(-c4c(F)c(C#N)c(F)c(C#N)c4F)cc2)C(=NS)C3=N)c1. The Balaban J connectivity index is 1.57. The maximum Gasteiger partial charge on any atom is 0.164 e. The molecule has 0 atom stereocenters. The normalized spacial score (nSPS) is 13.2. The van der Waals surface area contributed by atoms with Gasteiger partial charge in [0.15, 0.2) is 17.5 Å². The van der Waals surface area contributed by atoms with Crippen molar-refractivity contribution in [2.45, 2.75) is 0 Å². The molecule has 1 aliphatic rings. The van der Waals surface area contributed by atoms with Gasteiger partial charge >= 0.3 is 0 Å². The Morgan fingerprint density at radius 1 is 0.727 bits per heavy atom. The number of hydrogen-bond acceptors (Lipinski definition) is 7. The second-order valence-electron chi connectivity index (χ2n) is 9.71. The zero-order chi connectivity index (χ0) is 31.1. The summed E-state index contributed by atoms with van der Waals surface area (Å²) in [6, 6.07) is 25.0. The Hall–Kier alpha value is -6.02. The third-order valence-electron chi connectivity index (χ3n) is 7.35. The standard InChI is InChI=1S/C34H15F3N6S/c35-29-24(15-39)30(36)27(31(37)25(29)16-40)19-10-8-18(9-11-19)22-13-23-28(32(41)34(22)43-44)21-6-1-2-7-26(21)42-33(23)20-5-3-4-17(12-20)14-38/h1-13,41,44H. The molecule has 0 bridgehead atoms. The molecule has 0 amide bonds. The van der Waals surface area contributed by atoms with Crippen LogP contribution in [0, 0.1) is 56.9 Å². The third-order valence-corrected chi connectivity index (χ3v) is 7.55. The van der Waals surface area contributed by atoms with Gasteiger partial charge in [0.25, 0.3) is 0 Å². The number of aromatic nitrogens is 1.